The standard InChI is InChI=1S/C28H18Cl2N4S2/c29-19-11-15-21(16-12-19)33-23-7-3-1-5-9-25(23)35-27(33)31-32-28-34(22-17-13-20(30)14-18-22)24-8-4-2-6-10-26(24)36-28/h1-18H/q+2/b31-27-,32-28+. The first kappa shape index (κ1) is 23.0. The van der Waals surface area contributed by atoms with E-state index in [9.17, 15) is 0 Å². The lowest BCUT2D eigenvalue weighted by Gasteiger charge is -1.99. The third kappa shape index (κ3) is 4.45. The smallest absolute Gasteiger partial charge is 0.175 e. The second-order valence-electron chi connectivity index (χ2n) is 7.91. The minimum Gasteiger partial charge on any atom is -0.175 e. The fraction of sp³-hybridized carbons (Fsp3) is 0. The molecule has 2 aromatic rings. The van der Waals surface area contributed by atoms with E-state index in [1.54, 1.807) is 22.7 Å². The molecule has 0 saturated heterocycles. The average molecular weight is 546 g/mol. The first-order valence-electron chi connectivity index (χ1n) is 11.1. The fourth-order valence-corrected chi connectivity index (χ4v) is 6.19. The Morgan fingerprint density at radius 2 is 0.861 bits per heavy atom. The maximum absolute atomic E-state index is 6.17. The molecule has 0 fully saturated rings. The van der Waals surface area contributed by atoms with E-state index in [4.69, 9.17) is 33.4 Å². The van der Waals surface area contributed by atoms with Gasteiger partial charge in [-0.2, -0.15) is 9.13 Å². The van der Waals surface area contributed by atoms with Gasteiger partial charge in [-0.3, -0.25) is 0 Å². The van der Waals surface area contributed by atoms with Gasteiger partial charge in [0.2, 0.25) is 10.2 Å². The summed E-state index contributed by atoms with van der Waals surface area (Å²) in [7, 11) is 0. The maximum atomic E-state index is 6.17. The van der Waals surface area contributed by atoms with Gasteiger partial charge < -0.3 is 0 Å². The van der Waals surface area contributed by atoms with Crippen LogP contribution in [0.3, 0.4) is 0 Å². The lowest BCUT2D eigenvalue weighted by atomic mass is 10.3. The van der Waals surface area contributed by atoms with Crippen LogP contribution in [0.4, 0.5) is 0 Å². The largest absolute Gasteiger partial charge is 0.440 e. The first-order valence-corrected chi connectivity index (χ1v) is 13.5. The molecule has 0 amide bonds. The van der Waals surface area contributed by atoms with Gasteiger partial charge in [0.05, 0.1) is 9.75 Å². The molecule has 2 heterocycles. The molecule has 0 aromatic heterocycles. The molecule has 0 spiro atoms. The van der Waals surface area contributed by atoms with Gasteiger partial charge in [0.25, 0.3) is 0 Å². The molecule has 0 radical (unpaired) electrons. The number of hydrogen-bond donors (Lipinski definition) is 0. The number of nitrogens with zero attached hydrogens (tertiary/aromatic N) is 4. The molecular formula is C28H18Cl2N4S2+2. The van der Waals surface area contributed by atoms with Crippen LogP contribution < -0.4 is 18.7 Å². The van der Waals surface area contributed by atoms with Crippen LogP contribution in [0.1, 0.15) is 0 Å². The van der Waals surface area contributed by atoms with Gasteiger partial charge in [-0.25, -0.2) is 0 Å². The van der Waals surface area contributed by atoms with Crippen LogP contribution in [-0.4, -0.2) is 0 Å². The zero-order valence-electron chi connectivity index (χ0n) is 18.8. The van der Waals surface area contributed by atoms with E-state index in [0.717, 1.165) is 42.1 Å². The summed E-state index contributed by atoms with van der Waals surface area (Å²) in [5.41, 5.74) is 4.05. The second kappa shape index (κ2) is 9.91. The van der Waals surface area contributed by atoms with E-state index in [2.05, 4.69) is 33.4 Å². The zero-order chi connectivity index (χ0) is 24.5. The van der Waals surface area contributed by atoms with Gasteiger partial charge in [-0.15, -0.1) is 0 Å². The quantitative estimate of drug-likeness (QED) is 0.185. The van der Waals surface area contributed by atoms with Gasteiger partial charge in [0, 0.05) is 10.0 Å². The normalized spacial score (nSPS) is 12.5. The SMILES string of the molecule is Clc1ccc(-[n+]2c3cccccc-3s/c2=N\N=c2\sc3cccccc-3[n+]2-c2ccc(Cl)cc2)cc1. The van der Waals surface area contributed by atoms with Crippen LogP contribution in [0, 0.1) is 0 Å². The summed E-state index contributed by atoms with van der Waals surface area (Å²) >= 11 is 15.5. The number of aromatic nitrogens is 2. The second-order valence-corrected chi connectivity index (χ2v) is 10.8. The molecule has 0 atom stereocenters. The summed E-state index contributed by atoms with van der Waals surface area (Å²) in [4.78, 5) is 3.75. The monoisotopic (exact) mass is 544 g/mol. The fourth-order valence-electron chi connectivity index (χ4n) is 3.97. The molecular weight excluding hydrogens is 527 g/mol. The van der Waals surface area contributed by atoms with Crippen molar-refractivity contribution in [1.29, 1.82) is 0 Å². The number of hydrogen-bond acceptors (Lipinski definition) is 4. The Morgan fingerprint density at radius 3 is 1.28 bits per heavy atom. The van der Waals surface area contributed by atoms with Crippen molar-refractivity contribution < 1.29 is 9.13 Å². The highest BCUT2D eigenvalue weighted by atomic mass is 35.5. The van der Waals surface area contributed by atoms with E-state index >= 15 is 0 Å². The average Bonchev–Trinajstić information content (AvgIpc) is 3.18. The number of thiazole rings is 2. The molecule has 2 aliphatic heterocycles. The molecule has 174 valence electrons. The number of halogens is 2. The molecule has 2 aliphatic carbocycles. The van der Waals surface area contributed by atoms with Crippen molar-refractivity contribution in [3.05, 3.63) is 129 Å². The van der Waals surface area contributed by atoms with E-state index < -0.39 is 0 Å². The Bertz CT molecular complexity index is 1620. The number of benzene rings is 2. The lowest BCUT2D eigenvalue weighted by Crippen LogP contribution is -2.46. The van der Waals surface area contributed by atoms with E-state index in [1.807, 2.05) is 84.9 Å². The van der Waals surface area contributed by atoms with Crippen LogP contribution in [0.15, 0.2) is 119 Å². The molecule has 36 heavy (non-hydrogen) atoms. The molecule has 8 heteroatoms. The highest BCUT2D eigenvalue weighted by Gasteiger charge is 2.25. The van der Waals surface area contributed by atoms with Gasteiger partial charge >= 0.3 is 9.60 Å². The number of rotatable bonds is 3. The topological polar surface area (TPSA) is 32.5 Å². The van der Waals surface area contributed by atoms with Gasteiger partial charge in [0.15, 0.2) is 11.4 Å². The predicted molar refractivity (Wildman–Crippen MR) is 146 cm³/mol. The molecule has 4 aliphatic rings. The summed E-state index contributed by atoms with van der Waals surface area (Å²) in [6.45, 7) is 0. The highest BCUT2D eigenvalue weighted by molar-refractivity contribution is 7.13. The Kier molecular flexibility index (Phi) is 6.34. The van der Waals surface area contributed by atoms with Gasteiger partial charge in [-0.1, -0.05) is 59.6 Å². The Hall–Kier alpha value is -3.42. The first-order chi connectivity index (χ1) is 17.7. The van der Waals surface area contributed by atoms with Crippen molar-refractivity contribution in [2.75, 3.05) is 0 Å². The lowest BCUT2D eigenvalue weighted by molar-refractivity contribution is -0.598. The molecule has 2 aromatic carbocycles. The van der Waals surface area contributed by atoms with Crippen LogP contribution in [0.25, 0.3) is 32.5 Å². The Balaban J connectivity index is 1.63. The highest BCUT2D eigenvalue weighted by Crippen LogP contribution is 2.23. The van der Waals surface area contributed by atoms with Crippen LogP contribution in [0.2, 0.25) is 10.0 Å². The van der Waals surface area contributed by atoms with Crippen molar-refractivity contribution in [2.45, 2.75) is 0 Å². The molecule has 0 unspecified atom stereocenters. The van der Waals surface area contributed by atoms with Crippen LogP contribution >= 0.6 is 45.9 Å². The minimum atomic E-state index is 0.690. The van der Waals surface area contributed by atoms with Crippen molar-refractivity contribution in [3.63, 3.8) is 0 Å². The Morgan fingerprint density at radius 1 is 0.472 bits per heavy atom. The van der Waals surface area contributed by atoms with Gasteiger partial charge in [0.1, 0.15) is 11.4 Å². The molecule has 0 saturated carbocycles. The summed E-state index contributed by atoms with van der Waals surface area (Å²) < 4.78 is 4.22. The van der Waals surface area contributed by atoms with Crippen LogP contribution in [0.5, 0.6) is 0 Å². The summed E-state index contributed by atoms with van der Waals surface area (Å²) in [5, 5.41) is 10.9. The third-order valence-corrected chi connectivity index (χ3v) is 8.14. The summed E-state index contributed by atoms with van der Waals surface area (Å²) in [6, 6.07) is 36.1. The van der Waals surface area contributed by atoms with Crippen molar-refractivity contribution in [1.82, 2.24) is 0 Å². The van der Waals surface area contributed by atoms with Crippen LogP contribution in [-0.2, 0) is 0 Å². The maximum Gasteiger partial charge on any atom is 0.440 e. The zero-order valence-corrected chi connectivity index (χ0v) is 21.9. The minimum absolute atomic E-state index is 0.690. The van der Waals surface area contributed by atoms with Crippen molar-refractivity contribution in [3.8, 4) is 32.5 Å². The number of fused-ring (bicyclic) bond motifs is 2. The molecule has 6 rings (SSSR count). The van der Waals surface area contributed by atoms with E-state index in [1.165, 1.54) is 0 Å². The summed E-state index contributed by atoms with van der Waals surface area (Å²) in [5.74, 6) is 0. The molecule has 4 nitrogen and oxygen atoms in total. The van der Waals surface area contributed by atoms with Crippen molar-refractivity contribution >= 4 is 45.9 Å². The van der Waals surface area contributed by atoms with E-state index in [0.29, 0.717) is 10.0 Å². The molecule has 0 bridgehead atoms. The summed E-state index contributed by atoms with van der Waals surface area (Å²) in [6.07, 6.45) is 0. The van der Waals surface area contributed by atoms with Gasteiger partial charge in [-0.05, 0) is 95.5 Å². The molecule has 0 N–H and O–H groups in total. The Labute approximate surface area is 225 Å². The van der Waals surface area contributed by atoms with E-state index in [-0.39, 0.29) is 0 Å². The predicted octanol–water partition coefficient (Wildman–Crippen LogP) is 6.30. The third-order valence-electron chi connectivity index (χ3n) is 5.61. The van der Waals surface area contributed by atoms with Crippen molar-refractivity contribution in [2.24, 2.45) is 10.2 Å².